The first-order valence-electron chi connectivity index (χ1n) is 7.88. The van der Waals surface area contributed by atoms with Crippen molar-refractivity contribution in [2.24, 2.45) is 0 Å². The molecule has 1 aliphatic heterocycles. The highest BCUT2D eigenvalue weighted by atomic mass is 16.5. The zero-order valence-corrected chi connectivity index (χ0v) is 13.4. The minimum atomic E-state index is -1.24. The van der Waals surface area contributed by atoms with Crippen molar-refractivity contribution in [3.8, 4) is 5.75 Å². The fourth-order valence-electron chi connectivity index (χ4n) is 2.58. The van der Waals surface area contributed by atoms with E-state index in [2.05, 4.69) is 5.10 Å². The number of hydrogen-bond acceptors (Lipinski definition) is 5. The molecule has 0 aliphatic carbocycles. The number of aromatic nitrogens is 2. The quantitative estimate of drug-likeness (QED) is 0.866. The van der Waals surface area contributed by atoms with Crippen LogP contribution in [0.5, 0.6) is 5.75 Å². The molecular weight excluding hydrogens is 310 g/mol. The fourth-order valence-corrected chi connectivity index (χ4v) is 2.58. The van der Waals surface area contributed by atoms with Gasteiger partial charge in [0.05, 0.1) is 19.8 Å². The van der Waals surface area contributed by atoms with E-state index in [9.17, 15) is 9.90 Å². The Hall–Kier alpha value is -2.38. The molecule has 1 N–H and O–H groups in total. The summed E-state index contributed by atoms with van der Waals surface area (Å²) in [5, 5.41) is 14.8. The molecular formula is C17H21N3O4. The van der Waals surface area contributed by atoms with Crippen LogP contribution in [0.1, 0.15) is 0 Å². The molecule has 0 bridgehead atoms. The molecule has 0 radical (unpaired) electrons. The van der Waals surface area contributed by atoms with E-state index in [1.165, 1.54) is 0 Å². The molecule has 1 saturated heterocycles. The lowest BCUT2D eigenvalue weighted by Crippen LogP contribution is -2.50. The van der Waals surface area contributed by atoms with Crippen LogP contribution in [-0.2, 0) is 16.1 Å². The third kappa shape index (κ3) is 4.33. The van der Waals surface area contributed by atoms with Gasteiger partial charge in [0, 0.05) is 18.9 Å². The number of hydrogen-bond donors (Lipinski definition) is 1. The van der Waals surface area contributed by atoms with Crippen LogP contribution < -0.4 is 4.74 Å². The lowest BCUT2D eigenvalue weighted by Gasteiger charge is -2.30. The first-order valence-corrected chi connectivity index (χ1v) is 7.88. The van der Waals surface area contributed by atoms with E-state index in [-0.39, 0.29) is 32.2 Å². The molecule has 2 heterocycles. The Bertz CT molecular complexity index is 647. The van der Waals surface area contributed by atoms with E-state index in [1.807, 2.05) is 30.3 Å². The smallest absolute Gasteiger partial charge is 0.244 e. The molecule has 1 aromatic carbocycles. The van der Waals surface area contributed by atoms with Crippen molar-refractivity contribution >= 4 is 5.91 Å². The average Bonchev–Trinajstić information content (AvgIpc) is 3.02. The maximum Gasteiger partial charge on any atom is 0.244 e. The average molecular weight is 331 g/mol. The van der Waals surface area contributed by atoms with E-state index in [0.717, 1.165) is 0 Å². The molecule has 7 heteroatoms. The van der Waals surface area contributed by atoms with Gasteiger partial charge < -0.3 is 19.5 Å². The van der Waals surface area contributed by atoms with Crippen molar-refractivity contribution in [1.82, 2.24) is 14.7 Å². The molecule has 1 amide bonds. The Labute approximate surface area is 140 Å². The summed E-state index contributed by atoms with van der Waals surface area (Å²) in [7, 11) is 0. The number of para-hydroxylation sites is 1. The van der Waals surface area contributed by atoms with Gasteiger partial charge in [-0.1, -0.05) is 18.2 Å². The van der Waals surface area contributed by atoms with Gasteiger partial charge in [-0.15, -0.1) is 0 Å². The Kier molecular flexibility index (Phi) is 5.12. The summed E-state index contributed by atoms with van der Waals surface area (Å²) >= 11 is 0. The van der Waals surface area contributed by atoms with Gasteiger partial charge in [0.2, 0.25) is 5.91 Å². The van der Waals surface area contributed by atoms with E-state index in [4.69, 9.17) is 9.47 Å². The predicted octanol–water partition coefficient (Wildman–Crippen LogP) is 0.552. The number of amides is 1. The summed E-state index contributed by atoms with van der Waals surface area (Å²) in [5.41, 5.74) is -1.24. The van der Waals surface area contributed by atoms with Gasteiger partial charge in [-0.05, 0) is 18.2 Å². The Morgan fingerprint density at radius 3 is 2.92 bits per heavy atom. The van der Waals surface area contributed by atoms with Crippen LogP contribution in [0.3, 0.4) is 0 Å². The molecule has 0 spiro atoms. The summed E-state index contributed by atoms with van der Waals surface area (Å²) in [6.45, 7) is 1.32. The predicted molar refractivity (Wildman–Crippen MR) is 86.5 cm³/mol. The standard InChI is InChI=1S/C17H21N3O4/c21-16(11-20-8-4-7-18-20)19-9-10-23-13-17(22,12-19)14-24-15-5-2-1-3-6-15/h1-8,22H,9-14H2. The molecule has 1 fully saturated rings. The minimum absolute atomic E-state index is 0.0581. The van der Waals surface area contributed by atoms with Crippen molar-refractivity contribution < 1.29 is 19.4 Å². The number of rotatable bonds is 5. The van der Waals surface area contributed by atoms with Crippen LogP contribution in [0.2, 0.25) is 0 Å². The number of aliphatic hydroxyl groups is 1. The van der Waals surface area contributed by atoms with Crippen LogP contribution in [0, 0.1) is 0 Å². The Balaban J connectivity index is 1.61. The number of benzene rings is 1. The number of carbonyl (C=O) groups excluding carboxylic acids is 1. The fraction of sp³-hybridized carbons (Fsp3) is 0.412. The molecule has 1 aromatic heterocycles. The Morgan fingerprint density at radius 2 is 2.17 bits per heavy atom. The SMILES string of the molecule is O=C(Cn1cccn1)N1CCOCC(O)(COc2ccccc2)C1. The van der Waals surface area contributed by atoms with Gasteiger partial charge in [0.15, 0.2) is 0 Å². The summed E-state index contributed by atoms with van der Waals surface area (Å²) in [5.74, 6) is 0.562. The highest BCUT2D eigenvalue weighted by Gasteiger charge is 2.35. The maximum atomic E-state index is 12.4. The molecule has 3 rings (SSSR count). The Morgan fingerprint density at radius 1 is 1.33 bits per heavy atom. The van der Waals surface area contributed by atoms with Gasteiger partial charge in [-0.2, -0.15) is 5.10 Å². The molecule has 128 valence electrons. The van der Waals surface area contributed by atoms with Crippen LogP contribution in [-0.4, -0.2) is 64.2 Å². The zero-order chi connectivity index (χ0) is 16.8. The molecule has 1 atom stereocenters. The third-order valence-electron chi connectivity index (χ3n) is 3.82. The van der Waals surface area contributed by atoms with Crippen molar-refractivity contribution in [2.75, 3.05) is 32.9 Å². The molecule has 1 aliphatic rings. The zero-order valence-electron chi connectivity index (χ0n) is 13.4. The van der Waals surface area contributed by atoms with Crippen LogP contribution in [0.15, 0.2) is 48.8 Å². The molecule has 24 heavy (non-hydrogen) atoms. The molecule has 1 unspecified atom stereocenters. The van der Waals surface area contributed by atoms with E-state index in [0.29, 0.717) is 18.9 Å². The topological polar surface area (TPSA) is 76.8 Å². The van der Waals surface area contributed by atoms with Crippen molar-refractivity contribution in [2.45, 2.75) is 12.1 Å². The number of ether oxygens (including phenoxy) is 2. The van der Waals surface area contributed by atoms with E-state index in [1.54, 1.807) is 28.0 Å². The number of nitrogens with zero attached hydrogens (tertiary/aromatic N) is 3. The first kappa shape index (κ1) is 16.5. The van der Waals surface area contributed by atoms with Crippen LogP contribution >= 0.6 is 0 Å². The third-order valence-corrected chi connectivity index (χ3v) is 3.82. The van der Waals surface area contributed by atoms with Crippen LogP contribution in [0.4, 0.5) is 0 Å². The second kappa shape index (κ2) is 7.46. The second-order valence-electron chi connectivity index (χ2n) is 5.90. The largest absolute Gasteiger partial charge is 0.490 e. The second-order valence-corrected chi connectivity index (χ2v) is 5.90. The minimum Gasteiger partial charge on any atom is -0.490 e. The highest BCUT2D eigenvalue weighted by molar-refractivity contribution is 5.76. The van der Waals surface area contributed by atoms with Gasteiger partial charge >= 0.3 is 0 Å². The molecule has 2 aromatic rings. The van der Waals surface area contributed by atoms with Crippen molar-refractivity contribution in [3.05, 3.63) is 48.8 Å². The summed E-state index contributed by atoms with van der Waals surface area (Å²) in [6, 6.07) is 11.0. The lowest BCUT2D eigenvalue weighted by molar-refractivity contribution is -0.135. The van der Waals surface area contributed by atoms with E-state index < -0.39 is 5.60 Å². The molecule has 7 nitrogen and oxygen atoms in total. The lowest BCUT2D eigenvalue weighted by atomic mass is 10.1. The normalized spacial score (nSPS) is 21.3. The first-order chi connectivity index (χ1) is 11.6. The number of β-amino-alcohol motifs (C(OH)–C–C–N with tert-alkyl or cyclic N) is 1. The van der Waals surface area contributed by atoms with Gasteiger partial charge in [-0.3, -0.25) is 9.48 Å². The van der Waals surface area contributed by atoms with Gasteiger partial charge in [-0.25, -0.2) is 0 Å². The van der Waals surface area contributed by atoms with Crippen molar-refractivity contribution in [3.63, 3.8) is 0 Å². The van der Waals surface area contributed by atoms with Crippen molar-refractivity contribution in [1.29, 1.82) is 0 Å². The van der Waals surface area contributed by atoms with Gasteiger partial charge in [0.25, 0.3) is 0 Å². The highest BCUT2D eigenvalue weighted by Crippen LogP contribution is 2.17. The summed E-state index contributed by atoms with van der Waals surface area (Å²) in [4.78, 5) is 14.0. The van der Waals surface area contributed by atoms with Gasteiger partial charge in [0.1, 0.15) is 24.5 Å². The number of carbonyl (C=O) groups is 1. The summed E-state index contributed by atoms with van der Waals surface area (Å²) < 4.78 is 12.7. The summed E-state index contributed by atoms with van der Waals surface area (Å²) in [6.07, 6.45) is 3.36. The van der Waals surface area contributed by atoms with E-state index >= 15 is 0 Å². The maximum absolute atomic E-state index is 12.4. The van der Waals surface area contributed by atoms with Crippen LogP contribution in [0.25, 0.3) is 0 Å². The molecule has 0 saturated carbocycles. The monoisotopic (exact) mass is 331 g/mol.